The van der Waals surface area contributed by atoms with Crippen molar-refractivity contribution >= 4 is 46.4 Å². The SMILES string of the molecule is CN1CCN(c2nc(NC3=NCC(c4cccs4)=C3)nc(Sc3ccc(CO)cc3)n2)CC1. The van der Waals surface area contributed by atoms with Crippen molar-refractivity contribution in [3.05, 3.63) is 58.3 Å². The number of nitrogens with zero attached hydrogens (tertiary/aromatic N) is 6. The first-order chi connectivity index (χ1) is 16.2. The summed E-state index contributed by atoms with van der Waals surface area (Å²) in [5.41, 5.74) is 2.07. The first-order valence-electron chi connectivity index (χ1n) is 10.8. The summed E-state index contributed by atoms with van der Waals surface area (Å²) >= 11 is 3.20. The van der Waals surface area contributed by atoms with Gasteiger partial charge in [-0.3, -0.25) is 4.99 Å². The maximum Gasteiger partial charge on any atom is 0.234 e. The number of aliphatic hydroxyl groups is 1. The maximum absolute atomic E-state index is 9.30. The molecule has 2 aliphatic heterocycles. The number of hydrogen-bond donors (Lipinski definition) is 2. The van der Waals surface area contributed by atoms with E-state index in [4.69, 9.17) is 9.97 Å². The summed E-state index contributed by atoms with van der Waals surface area (Å²) in [5, 5.41) is 15.3. The van der Waals surface area contributed by atoms with Gasteiger partial charge in [0.05, 0.1) is 13.2 Å². The van der Waals surface area contributed by atoms with E-state index in [9.17, 15) is 5.11 Å². The standard InChI is InChI=1S/C23H25N7OS2/c1-29-8-10-30(11-9-29)22-26-21(25-20-13-17(14-24-20)19-3-2-12-32-19)27-23(28-22)33-18-6-4-16(15-31)5-7-18/h2-7,12-13,31H,8-11,14-15H2,1H3,(H,24,25,26,27,28). The fourth-order valence-electron chi connectivity index (χ4n) is 3.59. The van der Waals surface area contributed by atoms with E-state index >= 15 is 0 Å². The number of aliphatic imine (C=N–C) groups is 1. The van der Waals surface area contributed by atoms with E-state index in [-0.39, 0.29) is 6.61 Å². The van der Waals surface area contributed by atoms with Crippen LogP contribution in [0, 0.1) is 0 Å². The molecule has 0 spiro atoms. The zero-order valence-corrected chi connectivity index (χ0v) is 19.9. The van der Waals surface area contributed by atoms with Crippen LogP contribution in [0.15, 0.2) is 62.9 Å². The molecule has 0 unspecified atom stereocenters. The number of rotatable bonds is 6. The van der Waals surface area contributed by atoms with Gasteiger partial charge in [0.1, 0.15) is 5.84 Å². The van der Waals surface area contributed by atoms with Crippen molar-refractivity contribution in [3.63, 3.8) is 0 Å². The van der Waals surface area contributed by atoms with Crippen LogP contribution in [-0.4, -0.2) is 70.6 Å². The molecule has 0 amide bonds. The van der Waals surface area contributed by atoms with E-state index in [0.29, 0.717) is 23.6 Å². The van der Waals surface area contributed by atoms with Gasteiger partial charge < -0.3 is 20.2 Å². The highest BCUT2D eigenvalue weighted by Crippen LogP contribution is 2.28. The van der Waals surface area contributed by atoms with Gasteiger partial charge in [-0.15, -0.1) is 11.3 Å². The highest BCUT2D eigenvalue weighted by molar-refractivity contribution is 7.99. The van der Waals surface area contributed by atoms with Crippen LogP contribution < -0.4 is 10.2 Å². The Kier molecular flexibility index (Phi) is 6.68. The van der Waals surface area contributed by atoms with Crippen LogP contribution in [0.25, 0.3) is 5.57 Å². The summed E-state index contributed by atoms with van der Waals surface area (Å²) in [6.07, 6.45) is 2.06. The average Bonchev–Trinajstić information content (AvgIpc) is 3.52. The molecule has 2 N–H and O–H groups in total. The number of aromatic nitrogens is 3. The Labute approximate surface area is 201 Å². The lowest BCUT2D eigenvalue weighted by Gasteiger charge is -2.32. The maximum atomic E-state index is 9.30. The molecule has 170 valence electrons. The second-order valence-corrected chi connectivity index (χ2v) is 9.90. The number of hydrogen-bond acceptors (Lipinski definition) is 10. The van der Waals surface area contributed by atoms with Crippen molar-refractivity contribution in [3.8, 4) is 0 Å². The van der Waals surface area contributed by atoms with Crippen LogP contribution in [0.4, 0.5) is 11.9 Å². The van der Waals surface area contributed by atoms with Crippen LogP contribution in [0.5, 0.6) is 0 Å². The van der Waals surface area contributed by atoms with Gasteiger partial charge in [0.2, 0.25) is 11.9 Å². The topological polar surface area (TPSA) is 89.8 Å². The van der Waals surface area contributed by atoms with Gasteiger partial charge in [-0.2, -0.15) is 15.0 Å². The number of nitrogens with one attached hydrogen (secondary N) is 1. The van der Waals surface area contributed by atoms with Crippen molar-refractivity contribution in [1.82, 2.24) is 19.9 Å². The molecule has 1 fully saturated rings. The Morgan fingerprint density at radius 3 is 2.61 bits per heavy atom. The summed E-state index contributed by atoms with van der Waals surface area (Å²) < 4.78 is 0. The van der Waals surface area contributed by atoms with Crippen LogP contribution in [0.2, 0.25) is 0 Å². The molecule has 0 atom stereocenters. The number of anilines is 2. The lowest BCUT2D eigenvalue weighted by Crippen LogP contribution is -2.45. The van der Waals surface area contributed by atoms with E-state index in [0.717, 1.165) is 42.5 Å². The Morgan fingerprint density at radius 2 is 1.88 bits per heavy atom. The molecular formula is C23H25N7OS2. The van der Waals surface area contributed by atoms with Gasteiger partial charge in [0.15, 0.2) is 5.16 Å². The van der Waals surface area contributed by atoms with Crippen molar-refractivity contribution in [2.24, 2.45) is 4.99 Å². The van der Waals surface area contributed by atoms with E-state index in [1.807, 2.05) is 24.3 Å². The predicted molar refractivity (Wildman–Crippen MR) is 134 cm³/mol. The first-order valence-corrected chi connectivity index (χ1v) is 12.5. The van der Waals surface area contributed by atoms with Gasteiger partial charge in [0, 0.05) is 36.0 Å². The van der Waals surface area contributed by atoms with E-state index < -0.39 is 0 Å². The van der Waals surface area contributed by atoms with Crippen molar-refractivity contribution in [2.45, 2.75) is 16.7 Å². The molecule has 8 nitrogen and oxygen atoms in total. The number of likely N-dealkylation sites (N-methyl/N-ethyl adjacent to an activating group) is 1. The number of amidine groups is 1. The molecule has 33 heavy (non-hydrogen) atoms. The highest BCUT2D eigenvalue weighted by Gasteiger charge is 2.20. The monoisotopic (exact) mass is 479 g/mol. The van der Waals surface area contributed by atoms with Crippen molar-refractivity contribution < 1.29 is 5.11 Å². The van der Waals surface area contributed by atoms with Crippen LogP contribution in [0.1, 0.15) is 10.4 Å². The minimum absolute atomic E-state index is 0.0292. The molecule has 0 radical (unpaired) electrons. The molecule has 1 aromatic carbocycles. The summed E-state index contributed by atoms with van der Waals surface area (Å²) in [4.78, 5) is 25.5. The third-order valence-electron chi connectivity index (χ3n) is 5.51. The van der Waals surface area contributed by atoms with Gasteiger partial charge in [0.25, 0.3) is 0 Å². The third kappa shape index (κ3) is 5.41. The van der Waals surface area contributed by atoms with Crippen LogP contribution in [0.3, 0.4) is 0 Å². The highest BCUT2D eigenvalue weighted by atomic mass is 32.2. The Bertz CT molecular complexity index is 1150. The quantitative estimate of drug-likeness (QED) is 0.557. The molecule has 0 saturated carbocycles. The molecule has 4 heterocycles. The summed E-state index contributed by atoms with van der Waals surface area (Å²) in [7, 11) is 2.13. The molecule has 1 saturated heterocycles. The zero-order chi connectivity index (χ0) is 22.6. The van der Waals surface area contributed by atoms with E-state index in [1.54, 1.807) is 11.3 Å². The summed E-state index contributed by atoms with van der Waals surface area (Å²) in [6, 6.07) is 11.9. The molecule has 0 bridgehead atoms. The fourth-order valence-corrected chi connectivity index (χ4v) is 5.07. The van der Waals surface area contributed by atoms with Gasteiger partial charge in [-0.1, -0.05) is 18.2 Å². The van der Waals surface area contributed by atoms with Gasteiger partial charge in [-0.25, -0.2) is 0 Å². The zero-order valence-electron chi connectivity index (χ0n) is 18.3. The molecule has 2 aromatic heterocycles. The van der Waals surface area contributed by atoms with E-state index in [1.165, 1.54) is 22.2 Å². The largest absolute Gasteiger partial charge is 0.392 e. The molecule has 5 rings (SSSR count). The van der Waals surface area contributed by atoms with Crippen molar-refractivity contribution in [1.29, 1.82) is 0 Å². The normalized spacial score (nSPS) is 16.6. The van der Waals surface area contributed by atoms with E-state index in [2.05, 4.69) is 55.7 Å². The number of piperazine rings is 1. The molecule has 0 aliphatic carbocycles. The smallest absolute Gasteiger partial charge is 0.234 e. The van der Waals surface area contributed by atoms with Gasteiger partial charge >= 0.3 is 0 Å². The summed E-state index contributed by atoms with van der Waals surface area (Å²) in [6.45, 7) is 4.37. The Morgan fingerprint density at radius 1 is 1.06 bits per heavy atom. The fraction of sp³-hybridized carbons (Fsp3) is 0.304. The minimum atomic E-state index is 0.0292. The number of aliphatic hydroxyl groups excluding tert-OH is 1. The number of benzene rings is 1. The lowest BCUT2D eigenvalue weighted by atomic mass is 10.2. The molecular weight excluding hydrogens is 454 g/mol. The van der Waals surface area contributed by atoms with Crippen LogP contribution >= 0.6 is 23.1 Å². The molecule has 10 heteroatoms. The Hall–Kier alpha value is -2.79. The lowest BCUT2D eigenvalue weighted by molar-refractivity contribution is 0.282. The number of thiophene rings is 1. The molecule has 2 aliphatic rings. The Balaban J connectivity index is 1.39. The predicted octanol–water partition coefficient (Wildman–Crippen LogP) is 3.24. The second-order valence-electron chi connectivity index (χ2n) is 7.91. The average molecular weight is 480 g/mol. The van der Waals surface area contributed by atoms with Gasteiger partial charge in [-0.05, 0) is 59.6 Å². The van der Waals surface area contributed by atoms with Crippen LogP contribution in [-0.2, 0) is 6.61 Å². The minimum Gasteiger partial charge on any atom is -0.392 e. The second kappa shape index (κ2) is 10.0. The first kappa shape index (κ1) is 22.0. The van der Waals surface area contributed by atoms with Crippen molar-refractivity contribution in [2.75, 3.05) is 50.0 Å². The third-order valence-corrected chi connectivity index (χ3v) is 7.33. The molecule has 3 aromatic rings. The summed E-state index contributed by atoms with van der Waals surface area (Å²) in [5.74, 6) is 1.93.